The highest BCUT2D eigenvalue weighted by Crippen LogP contribution is 2.22. The Balaban J connectivity index is 2.05. The minimum atomic E-state index is -0.847. The summed E-state index contributed by atoms with van der Waals surface area (Å²) < 4.78 is 0. The second kappa shape index (κ2) is 5.42. The molecule has 1 aromatic heterocycles. The first-order valence-corrected chi connectivity index (χ1v) is 6.50. The van der Waals surface area contributed by atoms with Crippen LogP contribution in [-0.4, -0.2) is 44.7 Å². The molecule has 104 valence electrons. The van der Waals surface area contributed by atoms with E-state index in [2.05, 4.69) is 10.2 Å². The summed E-state index contributed by atoms with van der Waals surface area (Å²) in [5, 5.41) is 15.8. The van der Waals surface area contributed by atoms with Gasteiger partial charge in [0.2, 0.25) is 5.91 Å². The predicted octanol–water partition coefficient (Wildman–Crippen LogP) is 1.03. The van der Waals surface area contributed by atoms with Crippen LogP contribution in [0.4, 0.5) is 0 Å². The molecule has 2 rings (SSSR count). The largest absolute Gasteiger partial charge is 0.481 e. The fraction of sp³-hybridized carbons (Fsp3) is 0.615. The Hall–Kier alpha value is -1.85. The molecule has 2 heterocycles. The van der Waals surface area contributed by atoms with Crippen LogP contribution in [0.1, 0.15) is 36.2 Å². The number of carbonyl (C=O) groups is 2. The van der Waals surface area contributed by atoms with Crippen molar-refractivity contribution in [1.82, 2.24) is 15.1 Å². The van der Waals surface area contributed by atoms with Crippen LogP contribution in [0.25, 0.3) is 0 Å². The van der Waals surface area contributed by atoms with E-state index in [0.717, 1.165) is 29.8 Å². The molecule has 1 saturated heterocycles. The van der Waals surface area contributed by atoms with Crippen molar-refractivity contribution in [1.29, 1.82) is 0 Å². The minimum Gasteiger partial charge on any atom is -0.481 e. The van der Waals surface area contributed by atoms with E-state index in [4.69, 9.17) is 5.11 Å². The van der Waals surface area contributed by atoms with Gasteiger partial charge in [-0.3, -0.25) is 14.7 Å². The Morgan fingerprint density at radius 3 is 2.79 bits per heavy atom. The standard InChI is InChI=1S/C13H19N3O3/c1-8-11(9(2)15-14-8)7-12(17)16-5-3-4-10(16)6-13(18)19/h10H,3-7H2,1-2H3,(H,14,15)(H,18,19). The summed E-state index contributed by atoms with van der Waals surface area (Å²) in [6, 6.07) is -0.155. The van der Waals surface area contributed by atoms with Crippen LogP contribution in [0.15, 0.2) is 0 Å². The van der Waals surface area contributed by atoms with E-state index in [1.54, 1.807) is 4.90 Å². The number of carbonyl (C=O) groups excluding carboxylic acids is 1. The summed E-state index contributed by atoms with van der Waals surface area (Å²) in [5.74, 6) is -0.850. The molecule has 1 aromatic rings. The molecule has 0 spiro atoms. The monoisotopic (exact) mass is 265 g/mol. The Morgan fingerprint density at radius 2 is 2.21 bits per heavy atom. The van der Waals surface area contributed by atoms with Crippen molar-refractivity contribution in [3.05, 3.63) is 17.0 Å². The number of nitrogens with one attached hydrogen (secondary N) is 1. The van der Waals surface area contributed by atoms with E-state index in [0.29, 0.717) is 13.0 Å². The third-order valence-electron chi connectivity index (χ3n) is 3.72. The van der Waals surface area contributed by atoms with E-state index in [1.807, 2.05) is 13.8 Å². The predicted molar refractivity (Wildman–Crippen MR) is 68.8 cm³/mol. The molecule has 0 aromatic carbocycles. The summed E-state index contributed by atoms with van der Waals surface area (Å²) in [6.45, 7) is 4.42. The smallest absolute Gasteiger partial charge is 0.305 e. The number of aryl methyl sites for hydroxylation is 2. The van der Waals surface area contributed by atoms with E-state index in [-0.39, 0.29) is 18.4 Å². The molecule has 0 saturated carbocycles. The lowest BCUT2D eigenvalue weighted by atomic mass is 10.1. The Bertz CT molecular complexity index is 476. The molecular weight excluding hydrogens is 246 g/mol. The van der Waals surface area contributed by atoms with Crippen molar-refractivity contribution in [2.24, 2.45) is 0 Å². The SMILES string of the molecule is Cc1n[nH]c(C)c1CC(=O)N1CCCC1CC(=O)O. The highest BCUT2D eigenvalue weighted by molar-refractivity contribution is 5.80. The zero-order chi connectivity index (χ0) is 14.0. The second-order valence-electron chi connectivity index (χ2n) is 5.07. The molecule has 1 amide bonds. The number of aliphatic carboxylic acids is 1. The molecule has 1 aliphatic rings. The van der Waals surface area contributed by atoms with Gasteiger partial charge in [-0.05, 0) is 26.7 Å². The number of amides is 1. The lowest BCUT2D eigenvalue weighted by Gasteiger charge is -2.23. The number of hydrogen-bond donors (Lipinski definition) is 2. The molecule has 6 nitrogen and oxygen atoms in total. The number of likely N-dealkylation sites (tertiary alicyclic amines) is 1. The van der Waals surface area contributed by atoms with Crippen LogP contribution < -0.4 is 0 Å². The van der Waals surface area contributed by atoms with Gasteiger partial charge < -0.3 is 10.0 Å². The summed E-state index contributed by atoms with van der Waals surface area (Å²) in [6.07, 6.45) is 1.99. The quantitative estimate of drug-likeness (QED) is 0.851. The first-order valence-electron chi connectivity index (χ1n) is 6.50. The Kier molecular flexibility index (Phi) is 3.87. The van der Waals surface area contributed by atoms with Crippen LogP contribution in [0.5, 0.6) is 0 Å². The van der Waals surface area contributed by atoms with E-state index in [1.165, 1.54) is 0 Å². The maximum absolute atomic E-state index is 12.3. The zero-order valence-electron chi connectivity index (χ0n) is 11.3. The molecule has 19 heavy (non-hydrogen) atoms. The number of H-pyrrole nitrogens is 1. The van der Waals surface area contributed by atoms with Crippen molar-refractivity contribution < 1.29 is 14.7 Å². The van der Waals surface area contributed by atoms with Gasteiger partial charge in [0.15, 0.2) is 0 Å². The second-order valence-corrected chi connectivity index (χ2v) is 5.07. The number of carboxylic acid groups (broad SMARTS) is 1. The molecule has 0 radical (unpaired) electrons. The van der Waals surface area contributed by atoms with E-state index < -0.39 is 5.97 Å². The van der Waals surface area contributed by atoms with Crippen molar-refractivity contribution in [3.63, 3.8) is 0 Å². The molecule has 1 atom stereocenters. The molecule has 2 N–H and O–H groups in total. The molecule has 0 bridgehead atoms. The van der Waals surface area contributed by atoms with Gasteiger partial charge in [0.1, 0.15) is 0 Å². The van der Waals surface area contributed by atoms with Crippen LogP contribution in [0, 0.1) is 13.8 Å². The highest BCUT2D eigenvalue weighted by Gasteiger charge is 2.30. The van der Waals surface area contributed by atoms with Crippen LogP contribution >= 0.6 is 0 Å². The van der Waals surface area contributed by atoms with Crippen LogP contribution in [-0.2, 0) is 16.0 Å². The average Bonchev–Trinajstić information content (AvgIpc) is 2.90. The summed E-state index contributed by atoms with van der Waals surface area (Å²) in [5.41, 5.74) is 2.66. The minimum absolute atomic E-state index is 0.00338. The fourth-order valence-electron chi connectivity index (χ4n) is 2.67. The number of aromatic amines is 1. The van der Waals surface area contributed by atoms with Crippen LogP contribution in [0.2, 0.25) is 0 Å². The maximum Gasteiger partial charge on any atom is 0.305 e. The van der Waals surface area contributed by atoms with Gasteiger partial charge in [-0.15, -0.1) is 0 Å². The summed E-state index contributed by atoms with van der Waals surface area (Å²) >= 11 is 0. The van der Waals surface area contributed by atoms with Crippen molar-refractivity contribution in [3.8, 4) is 0 Å². The number of aromatic nitrogens is 2. The average molecular weight is 265 g/mol. The molecule has 6 heteroatoms. The number of carboxylic acids is 1. The van der Waals surface area contributed by atoms with E-state index >= 15 is 0 Å². The normalized spacial score (nSPS) is 18.8. The van der Waals surface area contributed by atoms with Crippen molar-refractivity contribution >= 4 is 11.9 Å². The van der Waals surface area contributed by atoms with Crippen LogP contribution in [0.3, 0.4) is 0 Å². The first-order chi connectivity index (χ1) is 8.99. The molecule has 0 aliphatic carbocycles. The van der Waals surface area contributed by atoms with E-state index in [9.17, 15) is 9.59 Å². The lowest BCUT2D eigenvalue weighted by Crippen LogP contribution is -2.37. The number of nitrogens with zero attached hydrogens (tertiary/aromatic N) is 2. The Labute approximate surface area is 111 Å². The highest BCUT2D eigenvalue weighted by atomic mass is 16.4. The van der Waals surface area contributed by atoms with Gasteiger partial charge in [-0.2, -0.15) is 5.10 Å². The fourth-order valence-corrected chi connectivity index (χ4v) is 2.67. The van der Waals surface area contributed by atoms with Gasteiger partial charge >= 0.3 is 5.97 Å². The Morgan fingerprint density at radius 1 is 1.47 bits per heavy atom. The van der Waals surface area contributed by atoms with Gasteiger partial charge in [0, 0.05) is 23.8 Å². The van der Waals surface area contributed by atoms with Gasteiger partial charge in [-0.25, -0.2) is 0 Å². The van der Waals surface area contributed by atoms with Gasteiger partial charge in [0.05, 0.1) is 18.5 Å². The third-order valence-corrected chi connectivity index (χ3v) is 3.72. The zero-order valence-corrected chi connectivity index (χ0v) is 11.3. The maximum atomic E-state index is 12.3. The summed E-state index contributed by atoms with van der Waals surface area (Å²) in [7, 11) is 0. The van der Waals surface area contributed by atoms with Crippen molar-refractivity contribution in [2.75, 3.05) is 6.54 Å². The number of rotatable bonds is 4. The molecule has 1 aliphatic heterocycles. The molecular formula is C13H19N3O3. The topological polar surface area (TPSA) is 86.3 Å². The third kappa shape index (κ3) is 2.94. The first kappa shape index (κ1) is 13.6. The molecule has 1 unspecified atom stereocenters. The van der Waals surface area contributed by atoms with Gasteiger partial charge in [-0.1, -0.05) is 0 Å². The summed E-state index contributed by atoms with van der Waals surface area (Å²) in [4.78, 5) is 24.8. The van der Waals surface area contributed by atoms with Gasteiger partial charge in [0.25, 0.3) is 0 Å². The van der Waals surface area contributed by atoms with Crippen molar-refractivity contribution in [2.45, 2.75) is 45.6 Å². The number of hydrogen-bond acceptors (Lipinski definition) is 3. The molecule has 1 fully saturated rings. The lowest BCUT2D eigenvalue weighted by molar-refractivity contribution is -0.139.